The summed E-state index contributed by atoms with van der Waals surface area (Å²) in [5.74, 6) is 0. The largest absolute Gasteiger partial charge is 0.417 e. The number of fused-ring (bicyclic) bond motifs is 1. The number of carbonyl (C=O) groups excluding carboxylic acids is 1. The predicted octanol–water partition coefficient (Wildman–Crippen LogP) is 4.31. The SMILES string of the molecule is N#Cc1ccc(NC(=O)Nc2ccc3c(c2)S(=O)C=C3)cc1C(F)(F)F. The third kappa shape index (κ3) is 3.60. The molecule has 3 rings (SSSR count). The van der Waals surface area contributed by atoms with Crippen LogP contribution in [0.2, 0.25) is 0 Å². The molecule has 132 valence electrons. The van der Waals surface area contributed by atoms with Gasteiger partial charge in [0.05, 0.1) is 32.9 Å². The van der Waals surface area contributed by atoms with E-state index in [0.717, 1.165) is 11.6 Å². The van der Waals surface area contributed by atoms with Crippen molar-refractivity contribution in [2.75, 3.05) is 10.6 Å². The summed E-state index contributed by atoms with van der Waals surface area (Å²) in [6.07, 6.45) is -3.01. The minimum absolute atomic E-state index is 0.111. The van der Waals surface area contributed by atoms with Crippen LogP contribution in [-0.4, -0.2) is 10.2 Å². The summed E-state index contributed by atoms with van der Waals surface area (Å²) in [7, 11) is -1.29. The van der Waals surface area contributed by atoms with Crippen molar-refractivity contribution in [2.45, 2.75) is 11.1 Å². The summed E-state index contributed by atoms with van der Waals surface area (Å²) >= 11 is 0. The molecule has 0 spiro atoms. The van der Waals surface area contributed by atoms with Crippen LogP contribution in [0.1, 0.15) is 16.7 Å². The predicted molar refractivity (Wildman–Crippen MR) is 90.7 cm³/mol. The summed E-state index contributed by atoms with van der Waals surface area (Å²) < 4.78 is 50.6. The number of alkyl halides is 3. The average molecular weight is 377 g/mol. The van der Waals surface area contributed by atoms with Crippen LogP contribution in [0.5, 0.6) is 0 Å². The Morgan fingerprint density at radius 1 is 1.08 bits per heavy atom. The van der Waals surface area contributed by atoms with E-state index in [0.29, 0.717) is 16.6 Å². The van der Waals surface area contributed by atoms with Crippen molar-refractivity contribution in [3.8, 4) is 6.07 Å². The maximum absolute atomic E-state index is 12.9. The molecule has 1 aliphatic heterocycles. The molecule has 1 unspecified atom stereocenters. The number of rotatable bonds is 2. The van der Waals surface area contributed by atoms with Gasteiger partial charge in [-0.1, -0.05) is 6.07 Å². The Labute approximate surface area is 148 Å². The molecule has 2 N–H and O–H groups in total. The van der Waals surface area contributed by atoms with Gasteiger partial charge in [0.2, 0.25) is 0 Å². The summed E-state index contributed by atoms with van der Waals surface area (Å²) in [5, 5.41) is 15.0. The minimum Gasteiger partial charge on any atom is -0.308 e. The molecule has 5 nitrogen and oxygen atoms in total. The van der Waals surface area contributed by atoms with Crippen LogP contribution < -0.4 is 10.6 Å². The number of nitrogens with one attached hydrogen (secondary N) is 2. The smallest absolute Gasteiger partial charge is 0.308 e. The Hall–Kier alpha value is -3.12. The lowest BCUT2D eigenvalue weighted by Crippen LogP contribution is -2.20. The Balaban J connectivity index is 1.76. The fourth-order valence-electron chi connectivity index (χ4n) is 2.38. The van der Waals surface area contributed by atoms with Gasteiger partial charge in [-0.05, 0) is 42.0 Å². The lowest BCUT2D eigenvalue weighted by atomic mass is 10.1. The zero-order valence-electron chi connectivity index (χ0n) is 12.9. The van der Waals surface area contributed by atoms with Crippen molar-refractivity contribution in [3.05, 3.63) is 58.5 Å². The molecule has 0 aromatic heterocycles. The second-order valence-corrected chi connectivity index (χ2v) is 6.61. The van der Waals surface area contributed by atoms with Crippen molar-refractivity contribution in [2.24, 2.45) is 0 Å². The first kappa shape index (κ1) is 17.7. The zero-order valence-corrected chi connectivity index (χ0v) is 13.7. The fourth-order valence-corrected chi connectivity index (χ4v) is 3.41. The maximum Gasteiger partial charge on any atom is 0.417 e. The molecule has 2 aromatic carbocycles. The van der Waals surface area contributed by atoms with Gasteiger partial charge in [-0.2, -0.15) is 18.4 Å². The Kier molecular flexibility index (Phi) is 4.52. The fraction of sp³-hybridized carbons (Fsp3) is 0.0588. The van der Waals surface area contributed by atoms with E-state index in [1.807, 2.05) is 0 Å². The second kappa shape index (κ2) is 6.65. The van der Waals surface area contributed by atoms with Gasteiger partial charge >= 0.3 is 12.2 Å². The van der Waals surface area contributed by atoms with Gasteiger partial charge < -0.3 is 10.6 Å². The quantitative estimate of drug-likeness (QED) is 0.818. The van der Waals surface area contributed by atoms with Crippen molar-refractivity contribution in [3.63, 3.8) is 0 Å². The highest BCUT2D eigenvalue weighted by atomic mass is 32.2. The van der Waals surface area contributed by atoms with Gasteiger partial charge in [-0.25, -0.2) is 9.00 Å². The molecular formula is C17H10F3N3O2S. The number of hydrogen-bond donors (Lipinski definition) is 2. The molecular weight excluding hydrogens is 367 g/mol. The highest BCUT2D eigenvalue weighted by Crippen LogP contribution is 2.33. The van der Waals surface area contributed by atoms with E-state index in [-0.39, 0.29) is 5.69 Å². The van der Waals surface area contributed by atoms with Crippen LogP contribution in [0.3, 0.4) is 0 Å². The molecule has 0 radical (unpaired) electrons. The number of anilines is 2. The van der Waals surface area contributed by atoms with Crippen LogP contribution in [0.25, 0.3) is 6.08 Å². The maximum atomic E-state index is 12.9. The molecule has 0 aliphatic carbocycles. The number of nitriles is 1. The van der Waals surface area contributed by atoms with Gasteiger partial charge in [0, 0.05) is 16.8 Å². The van der Waals surface area contributed by atoms with Gasteiger partial charge in [-0.3, -0.25) is 0 Å². The monoisotopic (exact) mass is 377 g/mol. The van der Waals surface area contributed by atoms with Gasteiger partial charge in [0.25, 0.3) is 0 Å². The van der Waals surface area contributed by atoms with E-state index in [1.54, 1.807) is 18.2 Å². The van der Waals surface area contributed by atoms with Crippen molar-refractivity contribution in [1.29, 1.82) is 5.26 Å². The molecule has 9 heteroatoms. The number of hydrogen-bond acceptors (Lipinski definition) is 3. The van der Waals surface area contributed by atoms with Crippen molar-refractivity contribution >= 4 is 34.3 Å². The summed E-state index contributed by atoms with van der Waals surface area (Å²) in [6.45, 7) is 0. The number of amides is 2. The van der Waals surface area contributed by atoms with E-state index in [4.69, 9.17) is 5.26 Å². The van der Waals surface area contributed by atoms with Gasteiger partial charge in [-0.15, -0.1) is 0 Å². The van der Waals surface area contributed by atoms with E-state index >= 15 is 0 Å². The molecule has 0 saturated carbocycles. The Bertz CT molecular complexity index is 994. The highest BCUT2D eigenvalue weighted by molar-refractivity contribution is 7.88. The number of urea groups is 1. The molecule has 0 bridgehead atoms. The molecule has 26 heavy (non-hydrogen) atoms. The number of halogens is 3. The average Bonchev–Trinajstić information content (AvgIpc) is 2.95. The standard InChI is InChI=1S/C17H10F3N3O2S/c18-17(19,20)14-7-12(4-2-11(14)9-21)22-16(24)23-13-3-1-10-5-6-26(25)15(10)8-13/h1-8H,(H2,22,23,24). The molecule has 2 aromatic rings. The normalized spacial score (nSPS) is 15.2. The third-order valence-corrected chi connectivity index (χ3v) is 4.73. The summed E-state index contributed by atoms with van der Waals surface area (Å²) in [5.41, 5.74) is -0.645. The second-order valence-electron chi connectivity index (χ2n) is 5.30. The topological polar surface area (TPSA) is 82.0 Å². The van der Waals surface area contributed by atoms with Crippen LogP contribution >= 0.6 is 0 Å². The molecule has 0 fully saturated rings. The van der Waals surface area contributed by atoms with E-state index < -0.39 is 34.1 Å². The van der Waals surface area contributed by atoms with E-state index in [9.17, 15) is 22.2 Å². The first-order chi connectivity index (χ1) is 12.3. The van der Waals surface area contributed by atoms with Crippen LogP contribution in [-0.2, 0) is 17.0 Å². The molecule has 1 atom stereocenters. The van der Waals surface area contributed by atoms with Gasteiger partial charge in [0.1, 0.15) is 0 Å². The first-order valence-corrected chi connectivity index (χ1v) is 8.41. The third-order valence-electron chi connectivity index (χ3n) is 3.56. The molecule has 2 amide bonds. The lowest BCUT2D eigenvalue weighted by Gasteiger charge is -2.12. The van der Waals surface area contributed by atoms with Gasteiger partial charge in [0.15, 0.2) is 0 Å². The van der Waals surface area contributed by atoms with Crippen LogP contribution in [0.15, 0.2) is 46.7 Å². The van der Waals surface area contributed by atoms with Crippen molar-refractivity contribution < 1.29 is 22.2 Å². The highest BCUT2D eigenvalue weighted by Gasteiger charge is 2.34. The van der Waals surface area contributed by atoms with Crippen LogP contribution in [0.4, 0.5) is 29.3 Å². The number of benzene rings is 2. The Morgan fingerprint density at radius 2 is 1.73 bits per heavy atom. The van der Waals surface area contributed by atoms with E-state index in [2.05, 4.69) is 10.6 Å². The number of nitrogens with zero attached hydrogens (tertiary/aromatic N) is 1. The van der Waals surface area contributed by atoms with Crippen molar-refractivity contribution in [1.82, 2.24) is 0 Å². The summed E-state index contributed by atoms with van der Waals surface area (Å²) in [6, 6.07) is 8.39. The van der Waals surface area contributed by atoms with E-state index in [1.165, 1.54) is 23.6 Å². The Morgan fingerprint density at radius 3 is 2.38 bits per heavy atom. The van der Waals surface area contributed by atoms with Crippen LogP contribution in [0, 0.1) is 11.3 Å². The summed E-state index contributed by atoms with van der Waals surface area (Å²) in [4.78, 5) is 12.6. The molecule has 1 aliphatic rings. The molecule has 1 heterocycles. The molecule has 0 saturated heterocycles. The zero-order chi connectivity index (χ0) is 18.9. The lowest BCUT2D eigenvalue weighted by molar-refractivity contribution is -0.137. The minimum atomic E-state index is -4.71. The first-order valence-electron chi connectivity index (χ1n) is 7.20. The number of carbonyl (C=O) groups is 1.